The average molecular weight is 309 g/mol. The molecule has 1 amide bonds. The lowest BCUT2D eigenvalue weighted by Gasteiger charge is -2.06. The van der Waals surface area contributed by atoms with E-state index in [2.05, 4.69) is 15.6 Å². The molecule has 1 aromatic carbocycles. The van der Waals surface area contributed by atoms with E-state index in [1.807, 2.05) is 0 Å². The number of nitrogens with zero attached hydrogens (tertiary/aromatic N) is 3. The van der Waals surface area contributed by atoms with Crippen LogP contribution in [0.4, 0.5) is 0 Å². The van der Waals surface area contributed by atoms with Crippen LogP contribution in [0.2, 0.25) is 0 Å². The second-order valence-electron chi connectivity index (χ2n) is 4.39. The molecule has 0 spiro atoms. The minimum absolute atomic E-state index is 0.0708. The van der Waals surface area contributed by atoms with Crippen LogP contribution < -0.4 is 10.5 Å². The highest BCUT2D eigenvalue weighted by atomic mass is 32.2. The Labute approximate surface area is 122 Å². The zero-order valence-corrected chi connectivity index (χ0v) is 12.0. The number of hydrogen-bond donors (Lipinski definition) is 2. The second-order valence-corrected chi connectivity index (χ2v) is 5.95. The number of sulfonamides is 1. The van der Waals surface area contributed by atoms with Crippen LogP contribution in [0.3, 0.4) is 0 Å². The van der Waals surface area contributed by atoms with Crippen molar-refractivity contribution in [1.29, 1.82) is 0 Å². The van der Waals surface area contributed by atoms with Gasteiger partial charge >= 0.3 is 0 Å². The number of benzene rings is 1. The highest BCUT2D eigenvalue weighted by molar-refractivity contribution is 7.89. The van der Waals surface area contributed by atoms with Crippen molar-refractivity contribution in [3.05, 3.63) is 42.2 Å². The maximum absolute atomic E-state index is 11.6. The molecule has 0 fully saturated rings. The number of carbonyl (C=O) groups is 1. The molecule has 0 radical (unpaired) electrons. The summed E-state index contributed by atoms with van der Waals surface area (Å²) in [6.07, 6.45) is 3.69. The summed E-state index contributed by atoms with van der Waals surface area (Å²) in [5.41, 5.74) is 0.906. The summed E-state index contributed by atoms with van der Waals surface area (Å²) in [5.74, 6) is -0.165. The summed E-state index contributed by atoms with van der Waals surface area (Å²) < 4.78 is 23.6. The van der Waals surface area contributed by atoms with E-state index in [1.54, 1.807) is 18.3 Å². The second kappa shape index (κ2) is 6.46. The molecule has 0 atom stereocenters. The SMILES string of the molecule is NS(=O)(=O)c1ccc(CCNC(=O)Cn2ccnn2)cc1. The van der Waals surface area contributed by atoms with Gasteiger partial charge in [-0.25, -0.2) is 18.2 Å². The van der Waals surface area contributed by atoms with Gasteiger partial charge in [-0.3, -0.25) is 4.79 Å². The molecule has 2 rings (SSSR count). The summed E-state index contributed by atoms with van der Waals surface area (Å²) in [4.78, 5) is 11.7. The van der Waals surface area contributed by atoms with Gasteiger partial charge in [0.1, 0.15) is 6.54 Å². The molecule has 0 aliphatic rings. The van der Waals surface area contributed by atoms with Gasteiger partial charge in [0.15, 0.2) is 0 Å². The molecule has 112 valence electrons. The quantitative estimate of drug-likeness (QED) is 0.730. The lowest BCUT2D eigenvalue weighted by Crippen LogP contribution is -2.29. The highest BCUT2D eigenvalue weighted by Gasteiger charge is 2.07. The molecule has 1 heterocycles. The van der Waals surface area contributed by atoms with E-state index in [0.29, 0.717) is 13.0 Å². The molecule has 8 nitrogen and oxygen atoms in total. The zero-order valence-electron chi connectivity index (χ0n) is 11.1. The van der Waals surface area contributed by atoms with Gasteiger partial charge in [-0.15, -0.1) is 5.10 Å². The van der Waals surface area contributed by atoms with E-state index in [0.717, 1.165) is 5.56 Å². The van der Waals surface area contributed by atoms with Gasteiger partial charge in [-0.2, -0.15) is 0 Å². The van der Waals surface area contributed by atoms with Crippen molar-refractivity contribution in [1.82, 2.24) is 20.3 Å². The Hall–Kier alpha value is -2.26. The van der Waals surface area contributed by atoms with Crippen LogP contribution in [0.25, 0.3) is 0 Å². The van der Waals surface area contributed by atoms with Crippen LogP contribution in [0.5, 0.6) is 0 Å². The van der Waals surface area contributed by atoms with Crippen molar-refractivity contribution in [2.45, 2.75) is 17.9 Å². The summed E-state index contributed by atoms with van der Waals surface area (Å²) in [6, 6.07) is 6.23. The third-order valence-electron chi connectivity index (χ3n) is 2.77. The fourth-order valence-electron chi connectivity index (χ4n) is 1.71. The molecule has 1 aromatic heterocycles. The van der Waals surface area contributed by atoms with Gasteiger partial charge in [0.2, 0.25) is 15.9 Å². The van der Waals surface area contributed by atoms with Gasteiger partial charge in [-0.1, -0.05) is 17.3 Å². The van der Waals surface area contributed by atoms with Crippen LogP contribution >= 0.6 is 0 Å². The molecule has 9 heteroatoms. The summed E-state index contributed by atoms with van der Waals surface area (Å²) in [7, 11) is -3.67. The summed E-state index contributed by atoms with van der Waals surface area (Å²) >= 11 is 0. The Bertz CT molecular complexity index is 695. The zero-order chi connectivity index (χ0) is 15.3. The average Bonchev–Trinajstić information content (AvgIpc) is 2.91. The molecule has 0 bridgehead atoms. The van der Waals surface area contributed by atoms with Crippen LogP contribution in [-0.2, 0) is 27.8 Å². The minimum atomic E-state index is -3.67. The topological polar surface area (TPSA) is 120 Å². The number of aromatic nitrogens is 3. The third-order valence-corrected chi connectivity index (χ3v) is 3.69. The molecule has 0 saturated carbocycles. The van der Waals surface area contributed by atoms with E-state index in [1.165, 1.54) is 23.0 Å². The number of amides is 1. The van der Waals surface area contributed by atoms with Crippen LogP contribution in [0.1, 0.15) is 5.56 Å². The molecule has 0 aliphatic heterocycles. The minimum Gasteiger partial charge on any atom is -0.354 e. The Morgan fingerprint density at radius 1 is 1.29 bits per heavy atom. The summed E-state index contributed by atoms with van der Waals surface area (Å²) in [5, 5.41) is 15.1. The van der Waals surface area contributed by atoms with Gasteiger partial charge in [0.05, 0.1) is 11.1 Å². The number of nitrogens with two attached hydrogens (primary N) is 1. The van der Waals surface area contributed by atoms with E-state index < -0.39 is 10.0 Å². The number of primary sulfonamides is 1. The van der Waals surface area contributed by atoms with Gasteiger partial charge in [0.25, 0.3) is 0 Å². The molecule has 0 aliphatic carbocycles. The predicted molar refractivity (Wildman–Crippen MR) is 74.6 cm³/mol. The fraction of sp³-hybridized carbons (Fsp3) is 0.250. The Kier molecular flexibility index (Phi) is 4.66. The summed E-state index contributed by atoms with van der Waals surface area (Å²) in [6.45, 7) is 0.562. The first kappa shape index (κ1) is 15.1. The molecular formula is C12H15N5O3S. The number of rotatable bonds is 6. The Balaban J connectivity index is 1.79. The van der Waals surface area contributed by atoms with Crippen molar-refractivity contribution in [3.8, 4) is 0 Å². The fourth-order valence-corrected chi connectivity index (χ4v) is 2.23. The Morgan fingerprint density at radius 2 is 2.00 bits per heavy atom. The third kappa shape index (κ3) is 4.65. The van der Waals surface area contributed by atoms with Crippen LogP contribution in [0, 0.1) is 0 Å². The lowest BCUT2D eigenvalue weighted by molar-refractivity contribution is -0.121. The highest BCUT2D eigenvalue weighted by Crippen LogP contribution is 2.08. The normalized spacial score (nSPS) is 11.3. The van der Waals surface area contributed by atoms with Gasteiger partial charge in [-0.05, 0) is 24.1 Å². The molecular weight excluding hydrogens is 294 g/mol. The van der Waals surface area contributed by atoms with E-state index in [-0.39, 0.29) is 17.3 Å². The number of nitrogens with one attached hydrogen (secondary N) is 1. The lowest BCUT2D eigenvalue weighted by atomic mass is 10.1. The molecule has 21 heavy (non-hydrogen) atoms. The monoisotopic (exact) mass is 309 g/mol. The van der Waals surface area contributed by atoms with E-state index in [4.69, 9.17) is 5.14 Å². The van der Waals surface area contributed by atoms with E-state index >= 15 is 0 Å². The first-order chi connectivity index (χ1) is 9.95. The first-order valence-corrected chi connectivity index (χ1v) is 7.72. The number of carbonyl (C=O) groups excluding carboxylic acids is 1. The predicted octanol–water partition coefficient (Wildman–Crippen LogP) is -0.716. The first-order valence-electron chi connectivity index (χ1n) is 6.18. The van der Waals surface area contributed by atoms with Gasteiger partial charge in [0, 0.05) is 12.7 Å². The Morgan fingerprint density at radius 3 is 2.57 bits per heavy atom. The van der Waals surface area contributed by atoms with Crippen LogP contribution in [-0.4, -0.2) is 35.9 Å². The maximum Gasteiger partial charge on any atom is 0.241 e. The van der Waals surface area contributed by atoms with Crippen molar-refractivity contribution < 1.29 is 13.2 Å². The molecule has 0 saturated heterocycles. The van der Waals surface area contributed by atoms with Gasteiger partial charge < -0.3 is 5.32 Å². The van der Waals surface area contributed by atoms with E-state index in [9.17, 15) is 13.2 Å². The standard InChI is InChI=1S/C12H15N5O3S/c13-21(19,20)11-3-1-10(2-4-11)5-6-14-12(18)9-17-8-7-15-16-17/h1-4,7-8H,5-6,9H2,(H,14,18)(H2,13,19,20). The molecule has 2 aromatic rings. The van der Waals surface area contributed by atoms with Crippen molar-refractivity contribution >= 4 is 15.9 Å². The number of hydrogen-bond acceptors (Lipinski definition) is 5. The largest absolute Gasteiger partial charge is 0.354 e. The van der Waals surface area contributed by atoms with Crippen LogP contribution in [0.15, 0.2) is 41.6 Å². The van der Waals surface area contributed by atoms with Crippen molar-refractivity contribution in [2.75, 3.05) is 6.54 Å². The maximum atomic E-state index is 11.6. The molecule has 0 unspecified atom stereocenters. The van der Waals surface area contributed by atoms with Crippen molar-refractivity contribution in [3.63, 3.8) is 0 Å². The smallest absolute Gasteiger partial charge is 0.241 e. The van der Waals surface area contributed by atoms with Crippen molar-refractivity contribution in [2.24, 2.45) is 5.14 Å². The molecule has 3 N–H and O–H groups in total.